The highest BCUT2D eigenvalue weighted by Gasteiger charge is 2.00. The molecule has 0 aromatic heterocycles. The van der Waals surface area contributed by atoms with E-state index in [2.05, 4.69) is 0 Å². The molecule has 0 unspecified atom stereocenters. The molecule has 5 heteroatoms. The molecule has 0 bridgehead atoms. The van der Waals surface area contributed by atoms with E-state index in [1.165, 1.54) is 6.26 Å². The summed E-state index contributed by atoms with van der Waals surface area (Å²) in [5.41, 5.74) is 0. The lowest BCUT2D eigenvalue weighted by Crippen LogP contribution is -2.03. The van der Waals surface area contributed by atoms with Gasteiger partial charge in [-0.15, -0.1) is 0 Å². The Morgan fingerprint density at radius 1 is 1.25 bits per heavy atom. The first-order valence-corrected chi connectivity index (χ1v) is 7.14. The fourth-order valence-corrected chi connectivity index (χ4v) is 2.43. The van der Waals surface area contributed by atoms with Crippen LogP contribution in [0.2, 0.25) is 0 Å². The van der Waals surface area contributed by atoms with Crippen molar-refractivity contribution in [3.05, 3.63) is 0 Å². The highest BCUT2D eigenvalue weighted by molar-refractivity contribution is 7.99. The zero-order chi connectivity index (χ0) is 9.45. The van der Waals surface area contributed by atoms with Crippen LogP contribution >= 0.6 is 11.8 Å². The molecule has 0 fully saturated rings. The number of hydrogen-bond donors (Lipinski definition) is 1. The highest BCUT2D eigenvalue weighted by atomic mass is 32.2. The first-order chi connectivity index (χ1) is 5.56. The molecule has 0 aliphatic heterocycles. The summed E-state index contributed by atoms with van der Waals surface area (Å²) in [5, 5.41) is 8.44. The third-order valence-electron chi connectivity index (χ3n) is 1.25. The molecule has 0 saturated heterocycles. The molecule has 12 heavy (non-hydrogen) atoms. The van der Waals surface area contributed by atoms with Gasteiger partial charge in [-0.05, 0) is 24.3 Å². The number of hydrogen-bond acceptors (Lipinski definition) is 4. The van der Waals surface area contributed by atoms with Gasteiger partial charge in [0.05, 0.1) is 5.75 Å². The number of rotatable bonds is 7. The average molecular weight is 212 g/mol. The monoisotopic (exact) mass is 212 g/mol. The van der Waals surface area contributed by atoms with Gasteiger partial charge >= 0.3 is 0 Å². The molecule has 0 atom stereocenters. The number of sulfone groups is 1. The van der Waals surface area contributed by atoms with Gasteiger partial charge in [-0.1, -0.05) is 0 Å². The van der Waals surface area contributed by atoms with Crippen molar-refractivity contribution in [2.45, 2.75) is 12.8 Å². The quantitative estimate of drug-likeness (QED) is 0.626. The molecular weight excluding hydrogens is 196 g/mol. The maximum absolute atomic E-state index is 10.7. The second kappa shape index (κ2) is 6.74. The van der Waals surface area contributed by atoms with Crippen molar-refractivity contribution >= 4 is 21.6 Å². The third-order valence-corrected chi connectivity index (χ3v) is 3.44. The van der Waals surface area contributed by atoms with Crippen LogP contribution in [-0.2, 0) is 9.84 Å². The minimum absolute atomic E-state index is 0.221. The van der Waals surface area contributed by atoms with E-state index < -0.39 is 9.84 Å². The van der Waals surface area contributed by atoms with E-state index in [0.717, 1.165) is 24.3 Å². The summed E-state index contributed by atoms with van der Waals surface area (Å²) >= 11 is 1.69. The number of thioether (sulfide) groups is 1. The summed E-state index contributed by atoms with van der Waals surface area (Å²) in [7, 11) is -2.78. The lowest BCUT2D eigenvalue weighted by molar-refractivity contribution is 0.296. The number of aliphatic hydroxyl groups excluding tert-OH is 1. The van der Waals surface area contributed by atoms with Crippen LogP contribution in [0.1, 0.15) is 12.8 Å². The van der Waals surface area contributed by atoms with Gasteiger partial charge < -0.3 is 5.11 Å². The lowest BCUT2D eigenvalue weighted by Gasteiger charge is -1.98. The van der Waals surface area contributed by atoms with Crippen LogP contribution < -0.4 is 0 Å². The van der Waals surface area contributed by atoms with Crippen molar-refractivity contribution < 1.29 is 13.5 Å². The fourth-order valence-electron chi connectivity index (χ4n) is 0.692. The zero-order valence-electron chi connectivity index (χ0n) is 7.32. The normalized spacial score (nSPS) is 11.8. The third kappa shape index (κ3) is 10.3. The molecule has 3 nitrogen and oxygen atoms in total. The molecule has 0 radical (unpaired) electrons. The molecular formula is C7H16O3S2. The Bertz CT molecular complexity index is 187. The van der Waals surface area contributed by atoms with Crippen LogP contribution in [0.25, 0.3) is 0 Å². The van der Waals surface area contributed by atoms with Crippen LogP contribution in [0.4, 0.5) is 0 Å². The maximum Gasteiger partial charge on any atom is 0.147 e. The first kappa shape index (κ1) is 12.3. The lowest BCUT2D eigenvalue weighted by atomic mass is 10.5. The molecule has 0 amide bonds. The molecule has 0 saturated carbocycles. The van der Waals surface area contributed by atoms with E-state index in [1.807, 2.05) is 0 Å². The number of aliphatic hydroxyl groups is 1. The predicted molar refractivity (Wildman–Crippen MR) is 53.4 cm³/mol. The van der Waals surface area contributed by atoms with Crippen molar-refractivity contribution in [3.8, 4) is 0 Å². The summed E-state index contributed by atoms with van der Waals surface area (Å²) < 4.78 is 21.3. The van der Waals surface area contributed by atoms with Crippen molar-refractivity contribution in [3.63, 3.8) is 0 Å². The van der Waals surface area contributed by atoms with Gasteiger partial charge in [0, 0.05) is 12.9 Å². The topological polar surface area (TPSA) is 54.4 Å². The molecule has 0 aliphatic carbocycles. The molecule has 0 aliphatic rings. The minimum Gasteiger partial charge on any atom is -0.396 e. The minimum atomic E-state index is -2.78. The van der Waals surface area contributed by atoms with Gasteiger partial charge in [-0.2, -0.15) is 11.8 Å². The molecule has 0 spiro atoms. The summed E-state index contributed by atoms with van der Waals surface area (Å²) in [5.74, 6) is 2.06. The van der Waals surface area contributed by atoms with E-state index >= 15 is 0 Å². The van der Waals surface area contributed by atoms with Crippen molar-refractivity contribution in [1.29, 1.82) is 0 Å². The smallest absolute Gasteiger partial charge is 0.147 e. The van der Waals surface area contributed by atoms with Gasteiger partial charge in [0.15, 0.2) is 0 Å². The van der Waals surface area contributed by atoms with E-state index in [9.17, 15) is 8.42 Å². The van der Waals surface area contributed by atoms with E-state index in [1.54, 1.807) is 11.8 Å². The first-order valence-electron chi connectivity index (χ1n) is 3.92. The zero-order valence-corrected chi connectivity index (χ0v) is 8.96. The van der Waals surface area contributed by atoms with Crippen LogP contribution in [0, 0.1) is 0 Å². The van der Waals surface area contributed by atoms with Gasteiger partial charge in [0.25, 0.3) is 0 Å². The fraction of sp³-hybridized carbons (Fsp3) is 1.00. The van der Waals surface area contributed by atoms with Crippen LogP contribution in [0.5, 0.6) is 0 Å². The molecule has 74 valence electrons. The maximum atomic E-state index is 10.7. The van der Waals surface area contributed by atoms with E-state index in [0.29, 0.717) is 0 Å². The average Bonchev–Trinajstić information content (AvgIpc) is 1.94. The highest BCUT2D eigenvalue weighted by Crippen LogP contribution is 2.04. The standard InChI is InChI=1S/C7H16O3S2/c1-12(9,10)7-3-6-11-5-2-4-8/h8H,2-7H2,1H3. The Labute approximate surface area is 78.5 Å². The Balaban J connectivity index is 3.12. The van der Waals surface area contributed by atoms with Crippen LogP contribution in [0.15, 0.2) is 0 Å². The van der Waals surface area contributed by atoms with Crippen molar-refractivity contribution in [2.75, 3.05) is 30.1 Å². The Morgan fingerprint density at radius 2 is 1.83 bits per heavy atom. The SMILES string of the molecule is CS(=O)(=O)CCCSCCCO. The predicted octanol–water partition coefficient (Wildman–Crippen LogP) is 0.537. The Morgan fingerprint density at radius 3 is 2.33 bits per heavy atom. The summed E-state index contributed by atoms with van der Waals surface area (Å²) in [6, 6.07) is 0. The van der Waals surface area contributed by atoms with Crippen LogP contribution in [-0.4, -0.2) is 43.6 Å². The van der Waals surface area contributed by atoms with Crippen molar-refractivity contribution in [2.24, 2.45) is 0 Å². The molecule has 0 aromatic carbocycles. The summed E-state index contributed by atoms with van der Waals surface area (Å²) in [4.78, 5) is 0. The van der Waals surface area contributed by atoms with E-state index in [-0.39, 0.29) is 12.4 Å². The Hall–Kier alpha value is 0.260. The molecule has 0 rings (SSSR count). The second-order valence-electron chi connectivity index (χ2n) is 2.67. The molecule has 0 aromatic rings. The summed E-state index contributed by atoms with van der Waals surface area (Å²) in [6.07, 6.45) is 2.77. The molecule has 1 N–H and O–H groups in total. The van der Waals surface area contributed by atoms with Gasteiger partial charge in [-0.25, -0.2) is 8.42 Å². The molecule has 0 heterocycles. The van der Waals surface area contributed by atoms with Gasteiger partial charge in [0.2, 0.25) is 0 Å². The van der Waals surface area contributed by atoms with Gasteiger partial charge in [-0.3, -0.25) is 0 Å². The van der Waals surface area contributed by atoms with Crippen LogP contribution in [0.3, 0.4) is 0 Å². The second-order valence-corrected chi connectivity index (χ2v) is 6.16. The Kier molecular flexibility index (Phi) is 6.89. The van der Waals surface area contributed by atoms with E-state index in [4.69, 9.17) is 5.11 Å². The summed E-state index contributed by atoms with van der Waals surface area (Å²) in [6.45, 7) is 0.221. The van der Waals surface area contributed by atoms with Gasteiger partial charge in [0.1, 0.15) is 9.84 Å². The largest absolute Gasteiger partial charge is 0.396 e. The van der Waals surface area contributed by atoms with Crippen molar-refractivity contribution in [1.82, 2.24) is 0 Å².